The lowest BCUT2D eigenvalue weighted by atomic mass is 10.1. The van der Waals surface area contributed by atoms with Gasteiger partial charge in [0.25, 0.3) is 0 Å². The Kier molecular flexibility index (Phi) is 7.77. The number of halogens is 1. The van der Waals surface area contributed by atoms with E-state index in [0.717, 1.165) is 37.6 Å². The van der Waals surface area contributed by atoms with E-state index in [1.54, 1.807) is 6.07 Å². The van der Waals surface area contributed by atoms with Crippen molar-refractivity contribution in [2.24, 2.45) is 0 Å². The molecule has 1 atom stereocenters. The maximum Gasteiger partial charge on any atom is 0.175 e. The van der Waals surface area contributed by atoms with Gasteiger partial charge in [-0.3, -0.25) is 4.90 Å². The Labute approximate surface area is 208 Å². The Morgan fingerprint density at radius 3 is 2.40 bits per heavy atom. The molecule has 0 radical (unpaired) electrons. The molecule has 0 unspecified atom stereocenters. The molecule has 3 aromatic carbocycles. The van der Waals surface area contributed by atoms with Crippen molar-refractivity contribution in [3.63, 3.8) is 0 Å². The first-order valence-corrected chi connectivity index (χ1v) is 13.9. The van der Waals surface area contributed by atoms with Crippen LogP contribution in [0, 0.1) is 5.82 Å². The van der Waals surface area contributed by atoms with Crippen LogP contribution in [0.5, 0.6) is 5.75 Å². The zero-order chi connectivity index (χ0) is 25.0. The molecule has 3 aromatic rings. The molecule has 0 bridgehead atoms. The maximum absolute atomic E-state index is 14.6. The average molecular weight is 497 g/mol. The van der Waals surface area contributed by atoms with Crippen LogP contribution in [0.2, 0.25) is 0 Å². The van der Waals surface area contributed by atoms with Crippen LogP contribution in [-0.4, -0.2) is 44.8 Å². The van der Waals surface area contributed by atoms with Gasteiger partial charge in [0.15, 0.2) is 9.84 Å². The van der Waals surface area contributed by atoms with Crippen LogP contribution >= 0.6 is 0 Å². The van der Waals surface area contributed by atoms with Gasteiger partial charge in [0.05, 0.1) is 17.1 Å². The van der Waals surface area contributed by atoms with Gasteiger partial charge in [0.2, 0.25) is 0 Å². The van der Waals surface area contributed by atoms with Gasteiger partial charge < -0.3 is 9.64 Å². The summed E-state index contributed by atoms with van der Waals surface area (Å²) >= 11 is 0. The third kappa shape index (κ3) is 6.61. The molecule has 5 nitrogen and oxygen atoms in total. The smallest absolute Gasteiger partial charge is 0.175 e. The van der Waals surface area contributed by atoms with Crippen molar-refractivity contribution in [3.8, 4) is 5.75 Å². The number of rotatable bonds is 9. The Hall–Kier alpha value is -2.90. The second kappa shape index (κ2) is 10.8. The van der Waals surface area contributed by atoms with Gasteiger partial charge in [-0.2, -0.15) is 0 Å². The van der Waals surface area contributed by atoms with E-state index < -0.39 is 15.7 Å². The van der Waals surface area contributed by atoms with Gasteiger partial charge >= 0.3 is 0 Å². The molecule has 0 N–H and O–H groups in total. The van der Waals surface area contributed by atoms with Gasteiger partial charge in [0, 0.05) is 38.4 Å². The highest BCUT2D eigenvalue weighted by molar-refractivity contribution is 7.90. The van der Waals surface area contributed by atoms with E-state index in [1.807, 2.05) is 23.1 Å². The molecule has 4 rings (SSSR count). The Morgan fingerprint density at radius 1 is 1.00 bits per heavy atom. The van der Waals surface area contributed by atoms with E-state index in [2.05, 4.69) is 55.1 Å². The van der Waals surface area contributed by atoms with E-state index in [1.165, 1.54) is 17.2 Å². The molecule has 0 aliphatic carbocycles. The fraction of sp³-hybridized carbons (Fsp3) is 0.357. The number of nitrogens with zero attached hydrogens (tertiary/aromatic N) is 2. The summed E-state index contributed by atoms with van der Waals surface area (Å²) < 4.78 is 44.3. The van der Waals surface area contributed by atoms with Crippen molar-refractivity contribution in [1.29, 1.82) is 0 Å². The number of sulfone groups is 1. The highest BCUT2D eigenvalue weighted by atomic mass is 32.2. The molecule has 1 fully saturated rings. The average Bonchev–Trinajstić information content (AvgIpc) is 3.27. The lowest BCUT2D eigenvalue weighted by molar-refractivity contribution is 0.202. The van der Waals surface area contributed by atoms with Crippen molar-refractivity contribution in [2.45, 2.75) is 50.4 Å². The second-order valence-electron chi connectivity index (χ2n) is 9.49. The molecular weight excluding hydrogens is 463 g/mol. The predicted molar refractivity (Wildman–Crippen MR) is 138 cm³/mol. The summed E-state index contributed by atoms with van der Waals surface area (Å²) in [5.41, 5.74) is 2.88. The Bertz CT molecular complexity index is 1250. The number of hydrogen-bond donors (Lipinski definition) is 0. The fourth-order valence-corrected chi connectivity index (χ4v) is 5.03. The molecule has 0 amide bonds. The molecule has 1 aliphatic heterocycles. The topological polar surface area (TPSA) is 49.9 Å². The molecular formula is C28H33FN2O3S. The van der Waals surface area contributed by atoms with Crippen LogP contribution in [0.15, 0.2) is 77.7 Å². The minimum atomic E-state index is -3.44. The number of hydrogen-bond acceptors (Lipinski definition) is 5. The first kappa shape index (κ1) is 25.2. The summed E-state index contributed by atoms with van der Waals surface area (Å²) in [6.45, 7) is 7.31. The van der Waals surface area contributed by atoms with Gasteiger partial charge in [-0.25, -0.2) is 12.8 Å². The van der Waals surface area contributed by atoms with E-state index in [9.17, 15) is 12.8 Å². The zero-order valence-electron chi connectivity index (χ0n) is 20.5. The predicted octanol–water partition coefficient (Wildman–Crippen LogP) is 5.30. The molecule has 1 heterocycles. The molecule has 1 aliphatic rings. The summed E-state index contributed by atoms with van der Waals surface area (Å²) in [5.74, 6) is 0.286. The monoisotopic (exact) mass is 496 g/mol. The van der Waals surface area contributed by atoms with Crippen molar-refractivity contribution in [1.82, 2.24) is 4.90 Å². The van der Waals surface area contributed by atoms with Crippen LogP contribution in [-0.2, 0) is 22.9 Å². The van der Waals surface area contributed by atoms with Crippen LogP contribution in [0.1, 0.15) is 31.4 Å². The summed E-state index contributed by atoms with van der Waals surface area (Å²) in [5, 5.41) is 0. The normalized spacial score (nSPS) is 16.3. The summed E-state index contributed by atoms with van der Waals surface area (Å²) in [4.78, 5) is 4.33. The van der Waals surface area contributed by atoms with Crippen molar-refractivity contribution in [3.05, 3.63) is 89.7 Å². The maximum atomic E-state index is 14.6. The lowest BCUT2D eigenvalue weighted by Gasteiger charge is -2.27. The van der Waals surface area contributed by atoms with Crippen molar-refractivity contribution in [2.75, 3.05) is 24.2 Å². The van der Waals surface area contributed by atoms with Crippen LogP contribution < -0.4 is 9.64 Å². The van der Waals surface area contributed by atoms with Gasteiger partial charge in [-0.05, 0) is 55.3 Å². The fourth-order valence-electron chi connectivity index (χ4n) is 4.40. The van der Waals surface area contributed by atoms with Gasteiger partial charge in [-0.1, -0.05) is 42.5 Å². The van der Waals surface area contributed by atoms with Crippen molar-refractivity contribution < 1.29 is 17.5 Å². The zero-order valence-corrected chi connectivity index (χ0v) is 21.3. The van der Waals surface area contributed by atoms with E-state index in [4.69, 9.17) is 4.74 Å². The molecule has 1 saturated heterocycles. The molecule has 0 saturated carbocycles. The van der Waals surface area contributed by atoms with E-state index >= 15 is 0 Å². The van der Waals surface area contributed by atoms with Crippen LogP contribution in [0.3, 0.4) is 0 Å². The minimum Gasteiger partial charge on any atom is -0.489 e. The van der Waals surface area contributed by atoms with Gasteiger partial charge in [0.1, 0.15) is 17.7 Å². The molecule has 0 aromatic heterocycles. The molecule has 7 heteroatoms. The highest BCUT2D eigenvalue weighted by Gasteiger charge is 2.26. The third-order valence-corrected chi connectivity index (χ3v) is 7.49. The quantitative estimate of drug-likeness (QED) is 0.403. The van der Waals surface area contributed by atoms with Crippen LogP contribution in [0.25, 0.3) is 0 Å². The van der Waals surface area contributed by atoms with Gasteiger partial charge in [-0.15, -0.1) is 0 Å². The van der Waals surface area contributed by atoms with Crippen molar-refractivity contribution >= 4 is 15.5 Å². The van der Waals surface area contributed by atoms with E-state index in [-0.39, 0.29) is 11.0 Å². The summed E-state index contributed by atoms with van der Waals surface area (Å²) in [6, 6.07) is 23.2. The lowest BCUT2D eigenvalue weighted by Crippen LogP contribution is -2.29. The van der Waals surface area contributed by atoms with Crippen LogP contribution in [0.4, 0.5) is 10.1 Å². The number of anilines is 1. The Balaban J connectivity index is 1.39. The van der Waals surface area contributed by atoms with E-state index in [0.29, 0.717) is 24.8 Å². The first-order valence-electron chi connectivity index (χ1n) is 12.0. The SMILES string of the molecule is CC(C)N(Cc1ccccc1)Cc1cccc(O[C@H]2CCN(c3ccc(S(C)(=O)=O)cc3F)C2)c1. The molecule has 0 spiro atoms. The standard InChI is InChI=1S/C28H33FN2O3S/c1-21(2)31(18-22-8-5-4-6-9-22)19-23-10-7-11-24(16-23)34-25-14-15-30(20-25)28-13-12-26(17-27(28)29)35(3,32)33/h4-13,16-17,21,25H,14-15,18-20H2,1-3H3/t25-/m0/s1. The first-order chi connectivity index (χ1) is 16.7. The third-order valence-electron chi connectivity index (χ3n) is 6.38. The second-order valence-corrected chi connectivity index (χ2v) is 11.5. The highest BCUT2D eigenvalue weighted by Crippen LogP contribution is 2.28. The minimum absolute atomic E-state index is 0.00901. The summed E-state index contributed by atoms with van der Waals surface area (Å²) in [7, 11) is -3.44. The number of benzene rings is 3. The Morgan fingerprint density at radius 2 is 1.71 bits per heavy atom. The number of ether oxygens (including phenoxy) is 1. The molecule has 35 heavy (non-hydrogen) atoms. The summed E-state index contributed by atoms with van der Waals surface area (Å²) in [6.07, 6.45) is 1.78. The largest absolute Gasteiger partial charge is 0.489 e. The molecule has 186 valence electrons.